The van der Waals surface area contributed by atoms with Crippen LogP contribution in [0.25, 0.3) is 0 Å². The van der Waals surface area contributed by atoms with Gasteiger partial charge in [-0.3, -0.25) is 4.79 Å². The largest absolute Gasteiger partial charge is 0.494 e. The highest BCUT2D eigenvalue weighted by Crippen LogP contribution is 2.16. The number of hydrogen-bond donors (Lipinski definition) is 0. The van der Waals surface area contributed by atoms with Crippen molar-refractivity contribution < 1.29 is 17.9 Å². The fourth-order valence-electron chi connectivity index (χ4n) is 3.86. The Labute approximate surface area is 203 Å². The predicted octanol–water partition coefficient (Wildman–Crippen LogP) is 6.23. The Balaban J connectivity index is 1.25. The summed E-state index contributed by atoms with van der Waals surface area (Å²) in [6.07, 6.45) is 7.07. The predicted molar refractivity (Wildman–Crippen MR) is 137 cm³/mol. The lowest BCUT2D eigenvalue weighted by molar-refractivity contribution is -0.116. The molecule has 0 unspecified atom stereocenters. The molecule has 0 radical (unpaired) electrons. The number of unbranched alkanes of at least 4 members (excludes halogenated alkanes) is 3. The Hall–Kier alpha value is -2.92. The molecule has 0 fully saturated rings. The van der Waals surface area contributed by atoms with Crippen molar-refractivity contribution in [3.05, 3.63) is 96.1 Å². The van der Waals surface area contributed by atoms with Gasteiger partial charge in [0.25, 0.3) is 0 Å². The van der Waals surface area contributed by atoms with Gasteiger partial charge in [-0.15, -0.1) is 0 Å². The lowest BCUT2D eigenvalue weighted by Crippen LogP contribution is -2.16. The SMILES string of the molecule is O=C(CCCCCCc1ccc(OCCCc2ccccc2)cc1)CS(=O)(=O)c1ccccc1. The molecule has 3 aromatic rings. The first-order valence-electron chi connectivity index (χ1n) is 12.1. The van der Waals surface area contributed by atoms with Crippen LogP contribution in [0.3, 0.4) is 0 Å². The molecule has 0 aliphatic heterocycles. The number of carbonyl (C=O) groups excluding carboxylic acids is 1. The molecule has 0 aromatic heterocycles. The zero-order valence-electron chi connectivity index (χ0n) is 19.7. The first-order valence-corrected chi connectivity index (χ1v) is 13.7. The molecule has 0 heterocycles. The van der Waals surface area contributed by atoms with Gasteiger partial charge in [0, 0.05) is 6.42 Å². The van der Waals surface area contributed by atoms with Crippen molar-refractivity contribution in [3.8, 4) is 5.75 Å². The second-order valence-corrected chi connectivity index (χ2v) is 10.6. The van der Waals surface area contributed by atoms with E-state index in [9.17, 15) is 13.2 Å². The molecule has 0 atom stereocenters. The molecule has 0 aliphatic rings. The topological polar surface area (TPSA) is 60.4 Å². The summed E-state index contributed by atoms with van der Waals surface area (Å²) in [6, 6.07) is 26.9. The summed E-state index contributed by atoms with van der Waals surface area (Å²) in [7, 11) is -3.53. The van der Waals surface area contributed by atoms with E-state index in [1.807, 2.05) is 18.2 Å². The number of rotatable bonds is 15. The van der Waals surface area contributed by atoms with Gasteiger partial charge in [-0.05, 0) is 67.5 Å². The Morgan fingerprint density at radius 3 is 1.94 bits per heavy atom. The quantitative estimate of drug-likeness (QED) is 0.243. The summed E-state index contributed by atoms with van der Waals surface area (Å²) in [6.45, 7) is 0.708. The van der Waals surface area contributed by atoms with E-state index in [0.29, 0.717) is 13.0 Å². The first kappa shape index (κ1) is 25.7. The van der Waals surface area contributed by atoms with E-state index < -0.39 is 15.6 Å². The van der Waals surface area contributed by atoms with Gasteiger partial charge in [-0.1, -0.05) is 73.5 Å². The van der Waals surface area contributed by atoms with Gasteiger partial charge in [-0.2, -0.15) is 0 Å². The van der Waals surface area contributed by atoms with Gasteiger partial charge in [0.05, 0.1) is 11.5 Å². The third-order valence-corrected chi connectivity index (χ3v) is 7.46. The van der Waals surface area contributed by atoms with Crippen LogP contribution in [0, 0.1) is 0 Å². The van der Waals surface area contributed by atoms with Crippen molar-refractivity contribution in [2.24, 2.45) is 0 Å². The van der Waals surface area contributed by atoms with Gasteiger partial charge in [-0.25, -0.2) is 8.42 Å². The number of hydrogen-bond acceptors (Lipinski definition) is 4. The van der Waals surface area contributed by atoms with E-state index in [0.717, 1.165) is 50.7 Å². The van der Waals surface area contributed by atoms with Crippen molar-refractivity contribution in [1.82, 2.24) is 0 Å². The number of Topliss-reactive ketones (excluding diaryl/α,β-unsaturated/α-hetero) is 1. The highest BCUT2D eigenvalue weighted by molar-refractivity contribution is 7.92. The molecular formula is C29H34O4S. The summed E-state index contributed by atoms with van der Waals surface area (Å²) in [4.78, 5) is 12.3. The van der Waals surface area contributed by atoms with Crippen LogP contribution in [-0.2, 0) is 27.5 Å². The molecule has 0 N–H and O–H groups in total. The molecule has 3 rings (SSSR count). The zero-order chi connectivity index (χ0) is 24.1. The number of carbonyl (C=O) groups is 1. The van der Waals surface area contributed by atoms with Gasteiger partial charge >= 0.3 is 0 Å². The van der Waals surface area contributed by atoms with Crippen LogP contribution in [0.2, 0.25) is 0 Å². The fourth-order valence-corrected chi connectivity index (χ4v) is 5.17. The number of ketones is 1. The molecular weight excluding hydrogens is 444 g/mol. The van der Waals surface area contributed by atoms with Gasteiger partial charge in [0.2, 0.25) is 0 Å². The lowest BCUT2D eigenvalue weighted by Gasteiger charge is -2.08. The maximum Gasteiger partial charge on any atom is 0.185 e. The second kappa shape index (κ2) is 13.7. The average molecular weight is 479 g/mol. The average Bonchev–Trinajstić information content (AvgIpc) is 2.86. The summed E-state index contributed by atoms with van der Waals surface area (Å²) in [5.41, 5.74) is 2.62. The van der Waals surface area contributed by atoms with E-state index in [4.69, 9.17) is 4.74 Å². The highest BCUT2D eigenvalue weighted by atomic mass is 32.2. The molecule has 0 saturated carbocycles. The Morgan fingerprint density at radius 2 is 1.24 bits per heavy atom. The number of benzene rings is 3. The number of ether oxygens (including phenoxy) is 1. The van der Waals surface area contributed by atoms with Crippen LogP contribution in [-0.4, -0.2) is 26.6 Å². The maximum atomic E-state index is 12.3. The summed E-state index contributed by atoms with van der Waals surface area (Å²) < 4.78 is 30.4. The lowest BCUT2D eigenvalue weighted by atomic mass is 10.0. The fraction of sp³-hybridized carbons (Fsp3) is 0.345. The Kier molecular flexibility index (Phi) is 10.4. The molecule has 34 heavy (non-hydrogen) atoms. The maximum absolute atomic E-state index is 12.3. The van der Waals surface area contributed by atoms with Gasteiger partial charge in [0.1, 0.15) is 17.3 Å². The van der Waals surface area contributed by atoms with Crippen molar-refractivity contribution in [1.29, 1.82) is 0 Å². The normalized spacial score (nSPS) is 11.3. The molecule has 0 bridgehead atoms. The van der Waals surface area contributed by atoms with Crippen LogP contribution >= 0.6 is 0 Å². The first-order chi connectivity index (χ1) is 16.5. The van der Waals surface area contributed by atoms with Crippen LogP contribution in [0.4, 0.5) is 0 Å². The minimum Gasteiger partial charge on any atom is -0.494 e. The molecule has 0 amide bonds. The summed E-state index contributed by atoms with van der Waals surface area (Å²) in [5, 5.41) is 0. The van der Waals surface area contributed by atoms with Crippen LogP contribution in [0.1, 0.15) is 49.7 Å². The van der Waals surface area contributed by atoms with Gasteiger partial charge < -0.3 is 4.74 Å². The molecule has 180 valence electrons. The molecule has 0 aliphatic carbocycles. The minimum absolute atomic E-state index is 0.205. The third-order valence-electron chi connectivity index (χ3n) is 5.77. The standard InChI is InChI=1S/C29H34O4S/c30-27(24-34(31,32)29-17-9-4-10-18-29)16-8-2-1-5-14-26-19-21-28(22-20-26)33-23-11-15-25-12-6-3-7-13-25/h3-4,6-7,9-10,12-13,17-22H,1-2,5,8,11,14-16,23-24H2. The smallest absolute Gasteiger partial charge is 0.185 e. The van der Waals surface area contributed by atoms with Crippen molar-refractivity contribution >= 4 is 15.6 Å². The monoisotopic (exact) mass is 478 g/mol. The van der Waals surface area contributed by atoms with Crippen molar-refractivity contribution in [3.63, 3.8) is 0 Å². The number of sulfone groups is 1. The summed E-state index contributed by atoms with van der Waals surface area (Å²) >= 11 is 0. The second-order valence-electron chi connectivity index (χ2n) is 8.61. The molecule has 5 heteroatoms. The van der Waals surface area contributed by atoms with E-state index in [1.54, 1.807) is 18.2 Å². The molecule has 4 nitrogen and oxygen atoms in total. The van der Waals surface area contributed by atoms with E-state index in [2.05, 4.69) is 36.4 Å². The zero-order valence-corrected chi connectivity index (χ0v) is 20.5. The third kappa shape index (κ3) is 9.14. The van der Waals surface area contributed by atoms with Crippen LogP contribution < -0.4 is 4.74 Å². The van der Waals surface area contributed by atoms with Crippen LogP contribution in [0.15, 0.2) is 89.8 Å². The molecule has 0 spiro atoms. The number of aryl methyl sites for hydroxylation is 2. The van der Waals surface area contributed by atoms with Crippen LogP contribution in [0.5, 0.6) is 5.75 Å². The van der Waals surface area contributed by atoms with E-state index in [-0.39, 0.29) is 10.7 Å². The summed E-state index contributed by atoms with van der Waals surface area (Å²) in [5.74, 6) is 0.293. The Morgan fingerprint density at radius 1 is 0.647 bits per heavy atom. The minimum atomic E-state index is -3.53. The van der Waals surface area contributed by atoms with Crippen molar-refractivity contribution in [2.45, 2.75) is 56.3 Å². The van der Waals surface area contributed by atoms with E-state index >= 15 is 0 Å². The van der Waals surface area contributed by atoms with Crippen molar-refractivity contribution in [2.75, 3.05) is 12.4 Å². The van der Waals surface area contributed by atoms with Gasteiger partial charge in [0.15, 0.2) is 9.84 Å². The molecule has 0 saturated heterocycles. The Bertz CT molecular complexity index is 1090. The molecule has 3 aromatic carbocycles. The highest BCUT2D eigenvalue weighted by Gasteiger charge is 2.18. The van der Waals surface area contributed by atoms with E-state index in [1.165, 1.54) is 23.3 Å².